The maximum absolute atomic E-state index is 12.3. The first-order valence-electron chi connectivity index (χ1n) is 6.19. The molecule has 0 aliphatic heterocycles. The smallest absolute Gasteiger partial charge is 0.387 e. The molecule has 1 amide bonds. The van der Waals surface area contributed by atoms with Gasteiger partial charge in [0.25, 0.3) is 5.91 Å². The molecule has 128 valence electrons. The van der Waals surface area contributed by atoms with Crippen molar-refractivity contribution in [2.45, 2.75) is 25.5 Å². The number of carboxylic acids is 1. The second-order valence-electron chi connectivity index (χ2n) is 4.24. The van der Waals surface area contributed by atoms with Gasteiger partial charge in [0, 0.05) is 12.0 Å². The van der Waals surface area contributed by atoms with Gasteiger partial charge >= 0.3 is 12.6 Å². The van der Waals surface area contributed by atoms with Gasteiger partial charge in [0.05, 0.1) is 7.11 Å². The highest BCUT2D eigenvalue weighted by molar-refractivity contribution is 5.97. The lowest BCUT2D eigenvalue weighted by atomic mass is 10.1. The third-order valence-corrected chi connectivity index (χ3v) is 2.66. The maximum atomic E-state index is 12.3. The summed E-state index contributed by atoms with van der Waals surface area (Å²) in [4.78, 5) is 22.7. The minimum atomic E-state index is -3.17. The number of nitrogens with one attached hydrogen (secondary N) is 1. The van der Waals surface area contributed by atoms with Crippen LogP contribution in [0.3, 0.4) is 0 Å². The van der Waals surface area contributed by atoms with E-state index in [-0.39, 0.29) is 11.3 Å². The molecule has 10 heteroatoms. The van der Waals surface area contributed by atoms with Crippen LogP contribution in [0.4, 0.5) is 17.6 Å². The summed E-state index contributed by atoms with van der Waals surface area (Å²) in [5.41, 5.74) is -0.248. The lowest BCUT2D eigenvalue weighted by molar-refractivity contribution is -0.140. The number of hydrogen-bond donors (Lipinski definition) is 2. The van der Waals surface area contributed by atoms with Crippen LogP contribution in [0.5, 0.6) is 11.5 Å². The molecule has 0 saturated heterocycles. The molecule has 1 rings (SSSR count). The summed E-state index contributed by atoms with van der Waals surface area (Å²) < 4.78 is 58.1. The van der Waals surface area contributed by atoms with E-state index in [0.717, 1.165) is 18.2 Å². The van der Waals surface area contributed by atoms with Crippen LogP contribution in [-0.2, 0) is 4.79 Å². The SMILES string of the molecule is COc1ccc(C(=O)NC(CC(F)F)C(=O)O)cc1OC(F)F. The number of rotatable bonds is 8. The average Bonchev–Trinajstić information content (AvgIpc) is 2.45. The van der Waals surface area contributed by atoms with Crippen LogP contribution in [0.15, 0.2) is 18.2 Å². The highest BCUT2D eigenvalue weighted by atomic mass is 19.3. The summed E-state index contributed by atoms with van der Waals surface area (Å²) in [6.45, 7) is -3.17. The minimum Gasteiger partial charge on any atom is -0.493 e. The van der Waals surface area contributed by atoms with Crippen LogP contribution in [0.1, 0.15) is 16.8 Å². The molecule has 0 aromatic heterocycles. The molecule has 0 spiro atoms. The van der Waals surface area contributed by atoms with E-state index in [0.29, 0.717) is 0 Å². The topological polar surface area (TPSA) is 84.9 Å². The number of aliphatic carboxylic acids is 1. The van der Waals surface area contributed by atoms with Crippen molar-refractivity contribution in [3.8, 4) is 11.5 Å². The van der Waals surface area contributed by atoms with E-state index < -0.39 is 43.1 Å². The van der Waals surface area contributed by atoms with E-state index in [1.165, 1.54) is 7.11 Å². The average molecular weight is 339 g/mol. The molecule has 23 heavy (non-hydrogen) atoms. The van der Waals surface area contributed by atoms with E-state index in [9.17, 15) is 27.2 Å². The van der Waals surface area contributed by atoms with Crippen LogP contribution in [-0.4, -0.2) is 43.2 Å². The van der Waals surface area contributed by atoms with Gasteiger partial charge in [-0.1, -0.05) is 0 Å². The lowest BCUT2D eigenvalue weighted by Crippen LogP contribution is -2.42. The highest BCUT2D eigenvalue weighted by Crippen LogP contribution is 2.29. The molecule has 1 aromatic carbocycles. The fourth-order valence-electron chi connectivity index (χ4n) is 1.65. The van der Waals surface area contributed by atoms with Crippen LogP contribution in [0.25, 0.3) is 0 Å². The number of methoxy groups -OCH3 is 1. The van der Waals surface area contributed by atoms with Crippen LogP contribution >= 0.6 is 0 Å². The van der Waals surface area contributed by atoms with Gasteiger partial charge < -0.3 is 19.9 Å². The zero-order valence-electron chi connectivity index (χ0n) is 11.8. The van der Waals surface area contributed by atoms with Crippen molar-refractivity contribution in [3.63, 3.8) is 0 Å². The molecule has 0 radical (unpaired) electrons. The molecule has 1 aromatic rings. The van der Waals surface area contributed by atoms with E-state index in [2.05, 4.69) is 4.74 Å². The third-order valence-electron chi connectivity index (χ3n) is 2.66. The van der Waals surface area contributed by atoms with Crippen molar-refractivity contribution >= 4 is 11.9 Å². The zero-order chi connectivity index (χ0) is 17.6. The predicted molar refractivity (Wildman–Crippen MR) is 69.1 cm³/mol. The summed E-state index contributed by atoms with van der Waals surface area (Å²) in [5.74, 6) is -3.20. The first-order valence-corrected chi connectivity index (χ1v) is 6.19. The Hall–Kier alpha value is -2.52. The van der Waals surface area contributed by atoms with Gasteiger partial charge in [-0.3, -0.25) is 4.79 Å². The standard InChI is InChI=1S/C13H13F4NO5/c1-22-8-3-2-6(4-9(8)23-13(16)17)11(19)18-7(12(20)21)5-10(14)15/h2-4,7,10,13H,5H2,1H3,(H,18,19)(H,20,21). The van der Waals surface area contributed by atoms with Gasteiger partial charge in [0.1, 0.15) is 6.04 Å². The Morgan fingerprint density at radius 2 is 1.87 bits per heavy atom. The quantitative estimate of drug-likeness (QED) is 0.709. The van der Waals surface area contributed by atoms with E-state index in [4.69, 9.17) is 9.84 Å². The highest BCUT2D eigenvalue weighted by Gasteiger charge is 2.25. The summed E-state index contributed by atoms with van der Waals surface area (Å²) in [7, 11) is 1.19. The molecule has 2 N–H and O–H groups in total. The fourth-order valence-corrected chi connectivity index (χ4v) is 1.65. The molecule has 0 saturated carbocycles. The van der Waals surface area contributed by atoms with E-state index in [1.54, 1.807) is 0 Å². The Bertz CT molecular complexity index is 567. The third kappa shape index (κ3) is 5.64. The minimum absolute atomic E-state index is 0.0794. The van der Waals surface area contributed by atoms with Gasteiger partial charge in [-0.25, -0.2) is 13.6 Å². The van der Waals surface area contributed by atoms with Crippen molar-refractivity contribution in [2.75, 3.05) is 7.11 Å². The Balaban J connectivity index is 2.96. The number of benzene rings is 1. The maximum Gasteiger partial charge on any atom is 0.387 e. The predicted octanol–water partition coefficient (Wildman–Crippen LogP) is 2.13. The molecule has 0 fully saturated rings. The van der Waals surface area contributed by atoms with Gasteiger partial charge in [-0.05, 0) is 18.2 Å². The lowest BCUT2D eigenvalue weighted by Gasteiger charge is -2.15. The van der Waals surface area contributed by atoms with E-state index in [1.807, 2.05) is 5.32 Å². The number of hydrogen-bond acceptors (Lipinski definition) is 4. The van der Waals surface area contributed by atoms with Crippen molar-refractivity contribution in [2.24, 2.45) is 0 Å². The van der Waals surface area contributed by atoms with Crippen LogP contribution < -0.4 is 14.8 Å². The summed E-state index contributed by atoms with van der Waals surface area (Å²) >= 11 is 0. The van der Waals surface area contributed by atoms with Crippen molar-refractivity contribution in [1.29, 1.82) is 0 Å². The molecule has 1 unspecified atom stereocenters. The van der Waals surface area contributed by atoms with Crippen molar-refractivity contribution in [1.82, 2.24) is 5.32 Å². The first-order chi connectivity index (χ1) is 10.7. The Labute approximate surface area is 128 Å². The molecule has 0 aliphatic carbocycles. The summed E-state index contributed by atoms with van der Waals surface area (Å²) in [6, 6.07) is 1.37. The second-order valence-corrected chi connectivity index (χ2v) is 4.24. The fraction of sp³-hybridized carbons (Fsp3) is 0.385. The number of halogens is 4. The van der Waals surface area contributed by atoms with Gasteiger partial charge in [0.2, 0.25) is 6.43 Å². The second kappa shape index (κ2) is 8.20. The number of amides is 1. The number of carboxylic acid groups (broad SMARTS) is 1. The Morgan fingerprint density at radius 3 is 2.35 bits per heavy atom. The van der Waals surface area contributed by atoms with Gasteiger partial charge in [0.15, 0.2) is 11.5 Å². The number of ether oxygens (including phenoxy) is 2. The molecule has 0 bridgehead atoms. The molecular weight excluding hydrogens is 326 g/mol. The number of alkyl halides is 4. The van der Waals surface area contributed by atoms with Crippen LogP contribution in [0.2, 0.25) is 0 Å². The Morgan fingerprint density at radius 1 is 1.22 bits per heavy atom. The number of carbonyl (C=O) groups is 2. The molecule has 0 heterocycles. The molecular formula is C13H13F4NO5. The largest absolute Gasteiger partial charge is 0.493 e. The van der Waals surface area contributed by atoms with Gasteiger partial charge in [-0.2, -0.15) is 8.78 Å². The van der Waals surface area contributed by atoms with Crippen LogP contribution in [0, 0.1) is 0 Å². The zero-order valence-corrected chi connectivity index (χ0v) is 11.8. The number of carbonyl (C=O) groups excluding carboxylic acids is 1. The molecule has 6 nitrogen and oxygen atoms in total. The summed E-state index contributed by atoms with van der Waals surface area (Å²) in [5, 5.41) is 10.7. The Kier molecular flexibility index (Phi) is 6.61. The summed E-state index contributed by atoms with van der Waals surface area (Å²) in [6.07, 6.45) is -4.03. The van der Waals surface area contributed by atoms with Crippen molar-refractivity contribution < 1.29 is 41.7 Å². The van der Waals surface area contributed by atoms with E-state index >= 15 is 0 Å². The van der Waals surface area contributed by atoms with Gasteiger partial charge in [-0.15, -0.1) is 0 Å². The normalized spacial score (nSPS) is 12.1. The monoisotopic (exact) mass is 339 g/mol. The molecule has 1 atom stereocenters. The molecule has 0 aliphatic rings. The first kappa shape index (κ1) is 18.5. The van der Waals surface area contributed by atoms with Crippen molar-refractivity contribution in [3.05, 3.63) is 23.8 Å².